The Balaban J connectivity index is 1.26. The van der Waals surface area contributed by atoms with Crippen LogP contribution in [0.4, 0.5) is 5.82 Å². The van der Waals surface area contributed by atoms with E-state index < -0.39 is 0 Å². The summed E-state index contributed by atoms with van der Waals surface area (Å²) in [5.41, 5.74) is 2.51. The van der Waals surface area contributed by atoms with Gasteiger partial charge in [0.15, 0.2) is 5.96 Å². The smallest absolute Gasteiger partial charge is 0.191 e. The second-order valence-corrected chi connectivity index (χ2v) is 8.26. The number of guanidine groups is 1. The van der Waals surface area contributed by atoms with Crippen LogP contribution in [0.3, 0.4) is 0 Å². The van der Waals surface area contributed by atoms with Crippen molar-refractivity contribution in [3.05, 3.63) is 58.7 Å². The summed E-state index contributed by atoms with van der Waals surface area (Å²) in [6.07, 6.45) is 5.23. The molecule has 1 saturated heterocycles. The van der Waals surface area contributed by atoms with E-state index in [0.717, 1.165) is 49.2 Å². The third-order valence-electron chi connectivity index (χ3n) is 5.67. The second-order valence-electron chi connectivity index (χ2n) is 7.82. The first-order valence-electron chi connectivity index (χ1n) is 10.1. The SMILES string of the molecule is CN=C(NC1CCN(c2ccc(C)cn2)CC1)NC1CC1c1cccc(Cl)c1. The van der Waals surface area contributed by atoms with Crippen molar-refractivity contribution in [1.82, 2.24) is 15.6 Å². The number of piperidine rings is 1. The van der Waals surface area contributed by atoms with Gasteiger partial charge in [-0.05, 0) is 55.5 Å². The van der Waals surface area contributed by atoms with Crippen LogP contribution >= 0.6 is 11.6 Å². The molecule has 6 heteroatoms. The minimum absolute atomic E-state index is 0.432. The topological polar surface area (TPSA) is 52.6 Å². The molecule has 0 radical (unpaired) electrons. The molecule has 0 spiro atoms. The van der Waals surface area contributed by atoms with E-state index >= 15 is 0 Å². The Labute approximate surface area is 172 Å². The maximum Gasteiger partial charge on any atom is 0.191 e. The van der Waals surface area contributed by atoms with Crippen molar-refractivity contribution in [2.45, 2.75) is 44.2 Å². The zero-order chi connectivity index (χ0) is 19.5. The average molecular weight is 398 g/mol. The van der Waals surface area contributed by atoms with Crippen LogP contribution in [0.15, 0.2) is 47.6 Å². The number of aliphatic imine (C=N–C) groups is 1. The van der Waals surface area contributed by atoms with Crippen molar-refractivity contribution >= 4 is 23.4 Å². The van der Waals surface area contributed by atoms with E-state index in [2.05, 4.69) is 56.7 Å². The molecule has 2 aliphatic rings. The minimum Gasteiger partial charge on any atom is -0.356 e. The number of halogens is 1. The molecule has 2 aromatic rings. The molecule has 1 aliphatic carbocycles. The first-order valence-corrected chi connectivity index (χ1v) is 10.4. The van der Waals surface area contributed by atoms with E-state index in [1.807, 2.05) is 25.4 Å². The number of anilines is 1. The lowest BCUT2D eigenvalue weighted by Crippen LogP contribution is -2.49. The number of hydrogen-bond acceptors (Lipinski definition) is 3. The van der Waals surface area contributed by atoms with Gasteiger partial charge in [-0.15, -0.1) is 0 Å². The van der Waals surface area contributed by atoms with Gasteiger partial charge in [-0.3, -0.25) is 4.99 Å². The lowest BCUT2D eigenvalue weighted by Gasteiger charge is -2.33. The highest BCUT2D eigenvalue weighted by molar-refractivity contribution is 6.30. The van der Waals surface area contributed by atoms with Crippen molar-refractivity contribution in [1.29, 1.82) is 0 Å². The second kappa shape index (κ2) is 8.39. The van der Waals surface area contributed by atoms with Crippen molar-refractivity contribution < 1.29 is 0 Å². The molecular weight excluding hydrogens is 370 g/mol. The summed E-state index contributed by atoms with van der Waals surface area (Å²) in [6.45, 7) is 4.10. The van der Waals surface area contributed by atoms with Crippen LogP contribution in [0.2, 0.25) is 5.02 Å². The predicted molar refractivity (Wildman–Crippen MR) is 116 cm³/mol. The number of benzene rings is 1. The Bertz CT molecular complexity index is 827. The molecule has 148 valence electrons. The van der Waals surface area contributed by atoms with E-state index in [1.165, 1.54) is 11.1 Å². The largest absolute Gasteiger partial charge is 0.356 e. The zero-order valence-corrected chi connectivity index (χ0v) is 17.3. The minimum atomic E-state index is 0.432. The van der Waals surface area contributed by atoms with E-state index in [4.69, 9.17) is 11.6 Å². The lowest BCUT2D eigenvalue weighted by molar-refractivity contribution is 0.459. The maximum absolute atomic E-state index is 6.13. The molecule has 2 N–H and O–H groups in total. The molecule has 1 aromatic heterocycles. The fourth-order valence-corrected chi connectivity index (χ4v) is 4.10. The summed E-state index contributed by atoms with van der Waals surface area (Å²) in [5.74, 6) is 2.50. The van der Waals surface area contributed by atoms with Crippen LogP contribution in [0.5, 0.6) is 0 Å². The Morgan fingerprint density at radius 1 is 1.18 bits per heavy atom. The normalized spacial score (nSPS) is 22.8. The number of aromatic nitrogens is 1. The van der Waals surface area contributed by atoms with Crippen LogP contribution in [0.25, 0.3) is 0 Å². The van der Waals surface area contributed by atoms with Gasteiger partial charge in [-0.2, -0.15) is 0 Å². The molecule has 2 fully saturated rings. The first kappa shape index (κ1) is 19.1. The first-order chi connectivity index (χ1) is 13.6. The monoisotopic (exact) mass is 397 g/mol. The quantitative estimate of drug-likeness (QED) is 0.609. The van der Waals surface area contributed by atoms with Crippen molar-refractivity contribution in [2.24, 2.45) is 4.99 Å². The van der Waals surface area contributed by atoms with Crippen LogP contribution in [0, 0.1) is 6.92 Å². The van der Waals surface area contributed by atoms with Gasteiger partial charge < -0.3 is 15.5 Å². The number of aryl methyl sites for hydroxylation is 1. The van der Waals surface area contributed by atoms with Crippen molar-refractivity contribution in [3.8, 4) is 0 Å². The van der Waals surface area contributed by atoms with Gasteiger partial charge >= 0.3 is 0 Å². The van der Waals surface area contributed by atoms with Crippen LogP contribution in [0.1, 0.15) is 36.3 Å². The Kier molecular flexibility index (Phi) is 5.72. The molecule has 2 unspecified atom stereocenters. The molecule has 1 aromatic carbocycles. The average Bonchev–Trinajstić information content (AvgIpc) is 3.48. The fraction of sp³-hybridized carbons (Fsp3) is 0.455. The fourth-order valence-electron chi connectivity index (χ4n) is 3.90. The standard InChI is InChI=1S/C22H28ClN5/c1-15-6-7-21(25-14-15)28-10-8-18(9-11-28)26-22(24-2)27-20-13-19(20)16-4-3-5-17(23)12-16/h3-7,12,14,18-20H,8-11,13H2,1-2H3,(H2,24,26,27). The maximum atomic E-state index is 6.13. The zero-order valence-electron chi connectivity index (χ0n) is 16.5. The molecule has 0 bridgehead atoms. The summed E-state index contributed by atoms with van der Waals surface area (Å²) >= 11 is 6.13. The summed E-state index contributed by atoms with van der Waals surface area (Å²) in [4.78, 5) is 11.4. The van der Waals surface area contributed by atoms with Crippen LogP contribution in [-0.4, -0.2) is 43.2 Å². The summed E-state index contributed by atoms with van der Waals surface area (Å²) < 4.78 is 0. The molecule has 2 atom stereocenters. The van der Waals surface area contributed by atoms with E-state index in [9.17, 15) is 0 Å². The number of rotatable bonds is 4. The molecule has 28 heavy (non-hydrogen) atoms. The van der Waals surface area contributed by atoms with E-state index in [1.54, 1.807) is 0 Å². The van der Waals surface area contributed by atoms with Gasteiger partial charge in [-0.25, -0.2) is 4.98 Å². The number of nitrogens with one attached hydrogen (secondary N) is 2. The molecular formula is C22H28ClN5. The third-order valence-corrected chi connectivity index (χ3v) is 5.90. The lowest BCUT2D eigenvalue weighted by atomic mass is 10.1. The third kappa shape index (κ3) is 4.58. The Morgan fingerprint density at radius 2 is 2.00 bits per heavy atom. The van der Waals surface area contributed by atoms with E-state index in [-0.39, 0.29) is 0 Å². The molecule has 2 heterocycles. The van der Waals surface area contributed by atoms with Gasteiger partial charge in [0.1, 0.15) is 5.82 Å². The van der Waals surface area contributed by atoms with Crippen LogP contribution < -0.4 is 15.5 Å². The molecule has 1 aliphatic heterocycles. The summed E-state index contributed by atoms with van der Waals surface area (Å²) in [6, 6.07) is 13.3. The summed E-state index contributed by atoms with van der Waals surface area (Å²) in [5, 5.41) is 7.99. The van der Waals surface area contributed by atoms with Gasteiger partial charge in [0.2, 0.25) is 0 Å². The molecule has 1 saturated carbocycles. The van der Waals surface area contributed by atoms with Crippen molar-refractivity contribution in [3.63, 3.8) is 0 Å². The molecule has 4 rings (SSSR count). The van der Waals surface area contributed by atoms with E-state index in [0.29, 0.717) is 18.0 Å². The highest BCUT2D eigenvalue weighted by Crippen LogP contribution is 2.41. The van der Waals surface area contributed by atoms with Gasteiger partial charge in [0.25, 0.3) is 0 Å². The molecule has 0 amide bonds. The Morgan fingerprint density at radius 3 is 2.68 bits per heavy atom. The van der Waals surface area contributed by atoms with Gasteiger partial charge in [-0.1, -0.05) is 29.8 Å². The number of pyridine rings is 1. The van der Waals surface area contributed by atoms with Crippen molar-refractivity contribution in [2.75, 3.05) is 25.0 Å². The number of nitrogens with zero attached hydrogens (tertiary/aromatic N) is 3. The highest BCUT2D eigenvalue weighted by atomic mass is 35.5. The predicted octanol–water partition coefficient (Wildman–Crippen LogP) is 3.73. The number of hydrogen-bond donors (Lipinski definition) is 2. The molecule has 5 nitrogen and oxygen atoms in total. The summed E-state index contributed by atoms with van der Waals surface area (Å²) in [7, 11) is 1.84. The van der Waals surface area contributed by atoms with Gasteiger partial charge in [0.05, 0.1) is 0 Å². The van der Waals surface area contributed by atoms with Crippen LogP contribution in [-0.2, 0) is 0 Å². The van der Waals surface area contributed by atoms with Gasteiger partial charge in [0, 0.05) is 49.4 Å². The highest BCUT2D eigenvalue weighted by Gasteiger charge is 2.39. The Hall–Kier alpha value is -2.27.